The molecule has 1 aromatic carbocycles. The summed E-state index contributed by atoms with van der Waals surface area (Å²) in [6.07, 6.45) is 0. The van der Waals surface area contributed by atoms with Crippen molar-refractivity contribution in [2.45, 2.75) is 13.1 Å². The lowest BCUT2D eigenvalue weighted by Crippen LogP contribution is -2.34. The molecule has 0 unspecified atom stereocenters. The van der Waals surface area contributed by atoms with E-state index in [1.54, 1.807) is 0 Å². The molecule has 0 bridgehead atoms. The predicted molar refractivity (Wildman–Crippen MR) is 95.8 cm³/mol. The van der Waals surface area contributed by atoms with Crippen LogP contribution in [0, 0.1) is 0 Å². The first kappa shape index (κ1) is 23.7. The molecule has 0 saturated heterocycles. The quantitative estimate of drug-likeness (QED) is 0.275. The summed E-state index contributed by atoms with van der Waals surface area (Å²) in [5.74, 6) is -5.15. The van der Waals surface area contributed by atoms with Crippen LogP contribution in [0.2, 0.25) is 0 Å². The Hall–Kier alpha value is -3.38. The van der Waals surface area contributed by atoms with Crippen LogP contribution in [0.3, 0.4) is 0 Å². The van der Waals surface area contributed by atoms with Crippen molar-refractivity contribution in [1.82, 2.24) is 9.80 Å². The van der Waals surface area contributed by atoms with E-state index in [0.717, 1.165) is 9.80 Å². The van der Waals surface area contributed by atoms with Crippen molar-refractivity contribution in [2.75, 3.05) is 33.3 Å². The van der Waals surface area contributed by atoms with Gasteiger partial charge in [0.1, 0.15) is 11.5 Å². The maximum Gasteiger partial charge on any atom is 0.317 e. The van der Waals surface area contributed by atoms with E-state index in [1.807, 2.05) is 0 Å². The number of nitrogens with zero attached hydrogens (tertiary/aromatic N) is 2. The molecule has 0 aliphatic heterocycles. The predicted octanol–water partition coefficient (Wildman–Crippen LogP) is -0.657. The van der Waals surface area contributed by atoms with Crippen molar-refractivity contribution in [1.29, 1.82) is 0 Å². The number of aliphatic carboxylic acids is 4. The number of benzene rings is 1. The Morgan fingerprint density at radius 3 is 1.31 bits per heavy atom. The molecular weight excluding hydrogens is 392 g/mol. The van der Waals surface area contributed by atoms with Gasteiger partial charge in [-0.25, -0.2) is 0 Å². The molecule has 0 fully saturated rings. The van der Waals surface area contributed by atoms with Crippen molar-refractivity contribution >= 4 is 23.9 Å². The number of phenolic OH excluding ortho intramolecular Hbond substituents is 1. The average Bonchev–Trinajstić information content (AvgIpc) is 2.55. The molecule has 160 valence electrons. The Balaban J connectivity index is 3.22. The normalized spacial score (nSPS) is 10.9. The molecule has 12 heteroatoms. The summed E-state index contributed by atoms with van der Waals surface area (Å²) in [5, 5.41) is 46.3. The number of methoxy groups -OCH3 is 1. The summed E-state index contributed by atoms with van der Waals surface area (Å²) in [6.45, 7) is -2.87. The van der Waals surface area contributed by atoms with Crippen molar-refractivity contribution < 1.29 is 49.4 Å². The topological polar surface area (TPSA) is 185 Å². The highest BCUT2D eigenvalue weighted by Crippen LogP contribution is 2.30. The van der Waals surface area contributed by atoms with E-state index in [4.69, 9.17) is 25.2 Å². The van der Waals surface area contributed by atoms with Gasteiger partial charge in [0.2, 0.25) is 0 Å². The first-order valence-electron chi connectivity index (χ1n) is 8.22. The van der Waals surface area contributed by atoms with Gasteiger partial charge >= 0.3 is 23.9 Å². The molecule has 0 saturated carbocycles. The smallest absolute Gasteiger partial charge is 0.317 e. The van der Waals surface area contributed by atoms with Gasteiger partial charge in [0, 0.05) is 24.2 Å². The summed E-state index contributed by atoms with van der Waals surface area (Å²) in [7, 11) is 1.33. The van der Waals surface area contributed by atoms with Crippen LogP contribution in [0.1, 0.15) is 11.1 Å². The molecule has 5 N–H and O–H groups in total. The third-order valence-electron chi connectivity index (χ3n) is 3.70. The highest BCUT2D eigenvalue weighted by Gasteiger charge is 2.21. The van der Waals surface area contributed by atoms with Gasteiger partial charge in [-0.05, 0) is 12.1 Å². The SMILES string of the molecule is COc1cc(CN(CC(=O)O)CC(=O)O)c(O)c(CN(CC(=O)O)CC(=O)O)c1. The minimum absolute atomic E-state index is 0.146. The highest BCUT2D eigenvalue weighted by molar-refractivity contribution is 5.73. The number of carboxylic acids is 4. The van der Waals surface area contributed by atoms with Crippen LogP contribution in [-0.2, 0) is 32.3 Å². The molecule has 1 aromatic rings. The zero-order chi connectivity index (χ0) is 22.1. The Labute approximate surface area is 165 Å². The Bertz CT molecular complexity index is 688. The van der Waals surface area contributed by atoms with Gasteiger partial charge < -0.3 is 30.3 Å². The standard InChI is InChI=1S/C17H22N2O10/c1-29-12-2-10(4-18(6-13(20)21)7-14(22)23)17(28)11(3-12)5-19(8-15(24)25)9-16(26)27/h2-3,28H,4-9H2,1H3,(H,20,21)(H,22,23)(H,24,25)(H,26,27). The van der Waals surface area contributed by atoms with E-state index in [9.17, 15) is 24.3 Å². The number of phenols is 1. The molecule has 0 aliphatic carbocycles. The molecule has 12 nitrogen and oxygen atoms in total. The zero-order valence-electron chi connectivity index (χ0n) is 15.6. The van der Waals surface area contributed by atoms with Crippen molar-refractivity contribution in [3.63, 3.8) is 0 Å². The van der Waals surface area contributed by atoms with Gasteiger partial charge in [0.25, 0.3) is 0 Å². The van der Waals surface area contributed by atoms with E-state index < -0.39 is 50.1 Å². The third-order valence-corrected chi connectivity index (χ3v) is 3.70. The summed E-state index contributed by atoms with van der Waals surface area (Å²) in [4.78, 5) is 46.0. The van der Waals surface area contributed by atoms with Crippen LogP contribution in [0.5, 0.6) is 11.5 Å². The molecule has 0 aliphatic rings. The van der Waals surface area contributed by atoms with Gasteiger partial charge in [0.05, 0.1) is 33.3 Å². The van der Waals surface area contributed by atoms with Crippen LogP contribution in [0.15, 0.2) is 12.1 Å². The number of rotatable bonds is 13. The fourth-order valence-corrected chi connectivity index (χ4v) is 2.67. The van der Waals surface area contributed by atoms with Crippen LogP contribution < -0.4 is 4.74 Å². The number of ether oxygens (including phenoxy) is 1. The molecule has 0 radical (unpaired) electrons. The lowest BCUT2D eigenvalue weighted by atomic mass is 10.1. The molecule has 0 aromatic heterocycles. The summed E-state index contributed by atoms with van der Waals surface area (Å²) in [6, 6.07) is 2.77. The van der Waals surface area contributed by atoms with E-state index in [1.165, 1.54) is 19.2 Å². The van der Waals surface area contributed by atoms with Crippen LogP contribution in [-0.4, -0.2) is 92.5 Å². The Kier molecular flexibility index (Phi) is 8.83. The number of carboxylic acid groups (broad SMARTS) is 4. The molecule has 0 spiro atoms. The molecule has 0 amide bonds. The Morgan fingerprint density at radius 2 is 1.07 bits per heavy atom. The Morgan fingerprint density at radius 1 is 0.759 bits per heavy atom. The highest BCUT2D eigenvalue weighted by atomic mass is 16.5. The van der Waals surface area contributed by atoms with Crippen LogP contribution >= 0.6 is 0 Å². The lowest BCUT2D eigenvalue weighted by Gasteiger charge is -2.22. The second kappa shape index (κ2) is 10.8. The first-order chi connectivity index (χ1) is 13.5. The molecular formula is C17H22N2O10. The number of carbonyl (C=O) groups is 4. The number of hydrogen-bond acceptors (Lipinski definition) is 8. The molecule has 1 rings (SSSR count). The summed E-state index contributed by atoms with van der Waals surface area (Å²) >= 11 is 0. The van der Waals surface area contributed by atoms with Gasteiger partial charge in [-0.2, -0.15) is 0 Å². The summed E-state index contributed by atoms with van der Waals surface area (Å²) < 4.78 is 5.12. The number of aromatic hydroxyl groups is 1. The van der Waals surface area contributed by atoms with E-state index in [0.29, 0.717) is 0 Å². The fourth-order valence-electron chi connectivity index (χ4n) is 2.67. The average molecular weight is 414 g/mol. The maximum absolute atomic E-state index is 11.0. The lowest BCUT2D eigenvalue weighted by molar-refractivity contribution is -0.144. The van der Waals surface area contributed by atoms with Crippen molar-refractivity contribution in [3.05, 3.63) is 23.3 Å². The van der Waals surface area contributed by atoms with Gasteiger partial charge in [-0.3, -0.25) is 29.0 Å². The van der Waals surface area contributed by atoms with E-state index >= 15 is 0 Å². The minimum atomic E-state index is -1.26. The molecule has 29 heavy (non-hydrogen) atoms. The van der Waals surface area contributed by atoms with Crippen LogP contribution in [0.25, 0.3) is 0 Å². The summed E-state index contributed by atoms with van der Waals surface area (Å²) in [5.41, 5.74) is 0.292. The van der Waals surface area contributed by atoms with Gasteiger partial charge in [-0.1, -0.05) is 0 Å². The largest absolute Gasteiger partial charge is 0.507 e. The second-order valence-electron chi connectivity index (χ2n) is 6.16. The number of hydrogen-bond donors (Lipinski definition) is 5. The zero-order valence-corrected chi connectivity index (χ0v) is 15.6. The van der Waals surface area contributed by atoms with Crippen LogP contribution in [0.4, 0.5) is 0 Å². The van der Waals surface area contributed by atoms with Gasteiger partial charge in [-0.15, -0.1) is 0 Å². The minimum Gasteiger partial charge on any atom is -0.507 e. The fraction of sp³-hybridized carbons (Fsp3) is 0.412. The van der Waals surface area contributed by atoms with E-state index in [-0.39, 0.29) is 35.7 Å². The monoisotopic (exact) mass is 414 g/mol. The maximum atomic E-state index is 11.0. The third kappa shape index (κ3) is 8.45. The van der Waals surface area contributed by atoms with E-state index in [2.05, 4.69) is 0 Å². The van der Waals surface area contributed by atoms with Crippen molar-refractivity contribution in [2.24, 2.45) is 0 Å². The van der Waals surface area contributed by atoms with Crippen molar-refractivity contribution in [3.8, 4) is 11.5 Å². The second-order valence-corrected chi connectivity index (χ2v) is 6.16. The first-order valence-corrected chi connectivity index (χ1v) is 8.22. The molecule has 0 heterocycles. The molecule has 0 atom stereocenters. The van der Waals surface area contributed by atoms with Gasteiger partial charge in [0.15, 0.2) is 0 Å².